The third-order valence-corrected chi connectivity index (χ3v) is 4.25. The third-order valence-electron chi connectivity index (χ3n) is 4.25. The first-order valence-electron chi connectivity index (χ1n) is 10.9. The van der Waals surface area contributed by atoms with Crippen LogP contribution >= 0.6 is 0 Å². The predicted octanol–water partition coefficient (Wildman–Crippen LogP) is 1.56. The number of amides is 1. The van der Waals surface area contributed by atoms with E-state index in [1.807, 2.05) is 0 Å². The monoisotopic (exact) mass is 469 g/mol. The number of aryl methyl sites for hydroxylation is 1. The third kappa shape index (κ3) is 12.5. The van der Waals surface area contributed by atoms with Crippen LogP contribution in [-0.4, -0.2) is 66.8 Å². The van der Waals surface area contributed by atoms with Gasteiger partial charge in [-0.2, -0.15) is 0 Å². The zero-order valence-corrected chi connectivity index (χ0v) is 20.1. The van der Waals surface area contributed by atoms with Gasteiger partial charge in [-0.1, -0.05) is 0 Å². The number of rotatable bonds is 12. The van der Waals surface area contributed by atoms with Gasteiger partial charge in [0.25, 0.3) is 0 Å². The van der Waals surface area contributed by atoms with E-state index in [2.05, 4.69) is 25.9 Å². The average molecular weight is 470 g/mol. The molecule has 3 N–H and O–H groups in total. The van der Waals surface area contributed by atoms with Gasteiger partial charge in [0.1, 0.15) is 23.1 Å². The second-order valence-electron chi connectivity index (χ2n) is 9.74. The van der Waals surface area contributed by atoms with Gasteiger partial charge in [-0.3, -0.25) is 14.4 Å². The summed E-state index contributed by atoms with van der Waals surface area (Å²) >= 11 is 0. The van der Waals surface area contributed by atoms with Crippen LogP contribution in [0.5, 0.6) is 0 Å². The fraction of sp³-hybridized carbons (Fsp3) is 0.762. The molecule has 0 aliphatic heterocycles. The van der Waals surface area contributed by atoms with E-state index in [1.165, 1.54) is 0 Å². The highest BCUT2D eigenvalue weighted by Gasteiger charge is 2.29. The molecule has 186 valence electrons. The number of aromatic amines is 1. The van der Waals surface area contributed by atoms with E-state index in [1.54, 1.807) is 41.5 Å². The van der Waals surface area contributed by atoms with Crippen molar-refractivity contribution in [1.29, 1.82) is 0 Å². The van der Waals surface area contributed by atoms with E-state index < -0.39 is 47.0 Å². The summed E-state index contributed by atoms with van der Waals surface area (Å²) in [5, 5.41) is 24.9. The summed E-state index contributed by atoms with van der Waals surface area (Å²) in [6.45, 7) is 10.3. The van der Waals surface area contributed by atoms with Crippen molar-refractivity contribution in [3.63, 3.8) is 0 Å². The Morgan fingerprint density at radius 2 is 1.55 bits per heavy atom. The molecule has 2 atom stereocenters. The van der Waals surface area contributed by atoms with Gasteiger partial charge in [0, 0.05) is 19.3 Å². The van der Waals surface area contributed by atoms with Crippen LogP contribution in [-0.2, 0) is 35.1 Å². The maximum Gasteiger partial charge on any atom is 0.329 e. The van der Waals surface area contributed by atoms with Crippen molar-refractivity contribution in [3.8, 4) is 0 Å². The van der Waals surface area contributed by atoms with Crippen molar-refractivity contribution in [2.45, 2.75) is 97.3 Å². The lowest BCUT2D eigenvalue weighted by molar-refractivity contribution is -0.161. The summed E-state index contributed by atoms with van der Waals surface area (Å²) in [7, 11) is 0. The average Bonchev–Trinajstić information content (AvgIpc) is 3.15. The van der Waals surface area contributed by atoms with E-state index in [0.29, 0.717) is 18.7 Å². The molecule has 0 bridgehead atoms. The Morgan fingerprint density at radius 3 is 2.06 bits per heavy atom. The van der Waals surface area contributed by atoms with E-state index in [-0.39, 0.29) is 25.7 Å². The number of esters is 2. The molecule has 0 fully saturated rings. The number of nitrogens with zero attached hydrogens (tertiary/aromatic N) is 3. The van der Waals surface area contributed by atoms with E-state index in [4.69, 9.17) is 14.6 Å². The number of tetrazole rings is 1. The van der Waals surface area contributed by atoms with Gasteiger partial charge < -0.3 is 19.9 Å². The molecule has 0 saturated carbocycles. The Morgan fingerprint density at radius 1 is 0.939 bits per heavy atom. The van der Waals surface area contributed by atoms with Crippen molar-refractivity contribution in [1.82, 2.24) is 25.9 Å². The molecular formula is C21H35N5O7. The normalized spacial score (nSPS) is 13.6. The number of aromatic nitrogens is 4. The Labute approximate surface area is 193 Å². The quantitative estimate of drug-likeness (QED) is 0.381. The van der Waals surface area contributed by atoms with Crippen molar-refractivity contribution >= 4 is 23.8 Å². The summed E-state index contributed by atoms with van der Waals surface area (Å²) < 4.78 is 10.8. The van der Waals surface area contributed by atoms with E-state index in [0.717, 1.165) is 0 Å². The van der Waals surface area contributed by atoms with Crippen LogP contribution in [0.25, 0.3) is 0 Å². The van der Waals surface area contributed by atoms with Crippen LogP contribution in [0.2, 0.25) is 0 Å². The molecule has 0 aliphatic rings. The number of H-pyrrole nitrogens is 1. The molecule has 1 amide bonds. The summed E-state index contributed by atoms with van der Waals surface area (Å²) in [6, 6.07) is -1.10. The van der Waals surface area contributed by atoms with Gasteiger partial charge in [0.15, 0.2) is 0 Å². The van der Waals surface area contributed by atoms with Crippen LogP contribution in [0, 0.1) is 5.92 Å². The molecule has 12 heteroatoms. The summed E-state index contributed by atoms with van der Waals surface area (Å²) in [5.74, 6) is -2.84. The van der Waals surface area contributed by atoms with Crippen LogP contribution in [0.3, 0.4) is 0 Å². The fourth-order valence-corrected chi connectivity index (χ4v) is 2.82. The molecule has 0 spiro atoms. The highest BCUT2D eigenvalue weighted by Crippen LogP contribution is 2.20. The molecule has 0 aromatic carbocycles. The summed E-state index contributed by atoms with van der Waals surface area (Å²) in [6.07, 6.45) is 0.429. The number of carboxylic acids is 1. The van der Waals surface area contributed by atoms with Crippen LogP contribution < -0.4 is 5.32 Å². The molecule has 1 aromatic heterocycles. The fourth-order valence-electron chi connectivity index (χ4n) is 2.82. The SMILES string of the molecule is CC(C)(C)OC(=O)[C@@H](CCC(=O)N[C@@H](CCC(=O)O)C(=O)OC(C)(C)C)CCc1nnn[nH]1. The summed E-state index contributed by atoms with van der Waals surface area (Å²) in [4.78, 5) is 48.6. The predicted molar refractivity (Wildman–Crippen MR) is 116 cm³/mol. The molecular weight excluding hydrogens is 434 g/mol. The number of ether oxygens (including phenoxy) is 2. The smallest absolute Gasteiger partial charge is 0.329 e. The van der Waals surface area contributed by atoms with Crippen molar-refractivity contribution in [3.05, 3.63) is 5.82 Å². The minimum atomic E-state index is -1.10. The molecule has 12 nitrogen and oxygen atoms in total. The van der Waals surface area contributed by atoms with Gasteiger partial charge in [-0.05, 0) is 71.2 Å². The van der Waals surface area contributed by atoms with Gasteiger partial charge in [0.2, 0.25) is 5.91 Å². The number of aliphatic carboxylic acids is 1. The lowest BCUT2D eigenvalue weighted by atomic mass is 9.96. The van der Waals surface area contributed by atoms with Crippen molar-refractivity contribution in [2.24, 2.45) is 5.92 Å². The standard InChI is InChI=1S/C21H35N5O7/c1-20(2,3)32-18(30)13(7-10-15-23-25-26-24-15)8-11-16(27)22-14(9-12-17(28)29)19(31)33-21(4,5)6/h13-14H,7-12H2,1-6H3,(H,22,27)(H,28,29)(H,23,24,25,26)/t13-,14+/m1/s1. The van der Waals surface area contributed by atoms with E-state index in [9.17, 15) is 19.2 Å². The van der Waals surface area contributed by atoms with Crippen molar-refractivity contribution in [2.75, 3.05) is 0 Å². The zero-order valence-electron chi connectivity index (χ0n) is 20.1. The molecule has 1 heterocycles. The van der Waals surface area contributed by atoms with Gasteiger partial charge in [-0.15, -0.1) is 5.10 Å². The first-order chi connectivity index (χ1) is 15.2. The van der Waals surface area contributed by atoms with Crippen LogP contribution in [0.15, 0.2) is 0 Å². The van der Waals surface area contributed by atoms with Gasteiger partial charge in [0.05, 0.1) is 5.92 Å². The maximum absolute atomic E-state index is 12.6. The highest BCUT2D eigenvalue weighted by atomic mass is 16.6. The molecule has 1 rings (SSSR count). The minimum Gasteiger partial charge on any atom is -0.481 e. The first-order valence-corrected chi connectivity index (χ1v) is 10.9. The van der Waals surface area contributed by atoms with E-state index >= 15 is 0 Å². The Bertz CT molecular complexity index is 797. The van der Waals surface area contributed by atoms with Gasteiger partial charge >= 0.3 is 17.9 Å². The Hall–Kier alpha value is -3.05. The van der Waals surface area contributed by atoms with Gasteiger partial charge in [-0.25, -0.2) is 9.89 Å². The first kappa shape index (κ1) is 28.0. The number of nitrogens with one attached hydrogen (secondary N) is 2. The van der Waals surface area contributed by atoms with Crippen LogP contribution in [0.1, 0.15) is 79.5 Å². The lowest BCUT2D eigenvalue weighted by Gasteiger charge is -2.25. The second-order valence-corrected chi connectivity index (χ2v) is 9.74. The molecule has 0 unspecified atom stereocenters. The number of carbonyl (C=O) groups is 4. The zero-order chi connectivity index (χ0) is 25.2. The Balaban J connectivity index is 2.78. The molecule has 0 aliphatic carbocycles. The highest BCUT2D eigenvalue weighted by molar-refractivity contribution is 5.85. The largest absolute Gasteiger partial charge is 0.481 e. The molecule has 33 heavy (non-hydrogen) atoms. The second kappa shape index (κ2) is 12.3. The number of hydrogen-bond acceptors (Lipinski definition) is 9. The minimum absolute atomic E-state index is 0.0646. The molecule has 0 radical (unpaired) electrons. The van der Waals surface area contributed by atoms with Crippen LogP contribution in [0.4, 0.5) is 0 Å². The summed E-state index contributed by atoms with van der Waals surface area (Å²) in [5.41, 5.74) is -1.48. The Kier molecular flexibility index (Phi) is 10.4. The molecule has 1 aromatic rings. The topological polar surface area (TPSA) is 173 Å². The molecule has 0 saturated heterocycles. The van der Waals surface area contributed by atoms with Crippen molar-refractivity contribution < 1.29 is 33.8 Å². The number of carboxylic acid groups (broad SMARTS) is 1. The number of carbonyl (C=O) groups excluding carboxylic acids is 3. The number of hydrogen-bond donors (Lipinski definition) is 3. The lowest BCUT2D eigenvalue weighted by Crippen LogP contribution is -2.44. The maximum atomic E-state index is 12.6.